The number of ether oxygens (including phenoxy) is 1. The smallest absolute Gasteiger partial charge is 0.351 e. The first-order valence-corrected chi connectivity index (χ1v) is 5.55. The molecular formula is C10H13F2N3O4. The van der Waals surface area contributed by atoms with E-state index in [2.05, 4.69) is 4.98 Å². The number of hydrogen-bond acceptors (Lipinski definition) is 6. The van der Waals surface area contributed by atoms with Crippen LogP contribution in [0.4, 0.5) is 14.6 Å². The summed E-state index contributed by atoms with van der Waals surface area (Å²) in [6.45, 7) is -1.09. The fourth-order valence-electron chi connectivity index (χ4n) is 2.03. The molecule has 1 aromatic rings. The predicted molar refractivity (Wildman–Crippen MR) is 59.3 cm³/mol. The molecule has 0 unspecified atom stereocenters. The fraction of sp³-hybridized carbons (Fsp3) is 0.600. The molecular weight excluding hydrogens is 264 g/mol. The number of anilines is 1. The first-order valence-electron chi connectivity index (χ1n) is 5.55. The Morgan fingerprint density at radius 3 is 2.68 bits per heavy atom. The Bertz CT molecular complexity index is 524. The van der Waals surface area contributed by atoms with Crippen molar-refractivity contribution in [3.8, 4) is 0 Å². The van der Waals surface area contributed by atoms with Crippen LogP contribution in [0.2, 0.25) is 0 Å². The van der Waals surface area contributed by atoms with Crippen molar-refractivity contribution in [1.82, 2.24) is 9.55 Å². The highest BCUT2D eigenvalue weighted by Gasteiger charge is 2.45. The van der Waals surface area contributed by atoms with E-state index in [1.807, 2.05) is 0 Å². The number of aromatic nitrogens is 2. The lowest BCUT2D eigenvalue weighted by Gasteiger charge is -2.16. The van der Waals surface area contributed by atoms with Crippen molar-refractivity contribution < 1.29 is 23.7 Å². The molecule has 4 atom stereocenters. The summed E-state index contributed by atoms with van der Waals surface area (Å²) in [5.74, 6) is -2.57. The first kappa shape index (κ1) is 13.8. The van der Waals surface area contributed by atoms with Gasteiger partial charge in [0, 0.05) is 5.92 Å². The van der Waals surface area contributed by atoms with Gasteiger partial charge in [0.2, 0.25) is 0 Å². The molecule has 0 aliphatic carbocycles. The Hall–Kier alpha value is -1.58. The maximum absolute atomic E-state index is 14.1. The Labute approximate surface area is 106 Å². The second-order valence-electron chi connectivity index (χ2n) is 4.20. The zero-order valence-electron chi connectivity index (χ0n) is 9.74. The van der Waals surface area contributed by atoms with Gasteiger partial charge in [-0.05, 0) is 0 Å². The van der Waals surface area contributed by atoms with Crippen molar-refractivity contribution in [3.05, 3.63) is 22.5 Å². The van der Waals surface area contributed by atoms with Crippen molar-refractivity contribution in [2.45, 2.75) is 18.5 Å². The molecule has 0 radical (unpaired) electrons. The van der Waals surface area contributed by atoms with E-state index in [9.17, 15) is 13.6 Å². The van der Waals surface area contributed by atoms with E-state index in [1.165, 1.54) is 0 Å². The summed E-state index contributed by atoms with van der Waals surface area (Å²) in [5, 5.41) is 18.1. The minimum atomic E-state index is -1.77. The van der Waals surface area contributed by atoms with Crippen LogP contribution in [0.25, 0.3) is 0 Å². The second-order valence-corrected chi connectivity index (χ2v) is 4.20. The van der Waals surface area contributed by atoms with Crippen molar-refractivity contribution in [3.63, 3.8) is 0 Å². The third kappa shape index (κ3) is 2.31. The minimum absolute atomic E-state index is 0.526. The predicted octanol–water partition coefficient (Wildman–Crippen LogP) is -1.20. The number of hydrogen-bond donors (Lipinski definition) is 3. The second kappa shape index (κ2) is 5.19. The van der Waals surface area contributed by atoms with Gasteiger partial charge in [0.25, 0.3) is 0 Å². The number of rotatable bonds is 3. The largest absolute Gasteiger partial charge is 0.396 e. The topological polar surface area (TPSA) is 111 Å². The molecule has 0 aromatic carbocycles. The van der Waals surface area contributed by atoms with Crippen LogP contribution >= 0.6 is 0 Å². The molecule has 1 aliphatic rings. The van der Waals surface area contributed by atoms with Crippen LogP contribution in [0.15, 0.2) is 11.0 Å². The van der Waals surface area contributed by atoms with Crippen LogP contribution < -0.4 is 11.4 Å². The van der Waals surface area contributed by atoms with E-state index in [4.69, 9.17) is 20.7 Å². The molecule has 1 fully saturated rings. The Kier molecular flexibility index (Phi) is 3.78. The molecule has 7 nitrogen and oxygen atoms in total. The summed E-state index contributed by atoms with van der Waals surface area (Å²) < 4.78 is 33.1. The molecule has 4 N–H and O–H groups in total. The number of alkyl halides is 1. The van der Waals surface area contributed by atoms with Gasteiger partial charge in [0.05, 0.1) is 25.5 Å². The van der Waals surface area contributed by atoms with E-state index in [0.717, 1.165) is 0 Å². The van der Waals surface area contributed by atoms with Crippen molar-refractivity contribution >= 4 is 5.82 Å². The highest BCUT2D eigenvalue weighted by molar-refractivity contribution is 5.26. The van der Waals surface area contributed by atoms with Gasteiger partial charge in [-0.15, -0.1) is 0 Å². The quantitative estimate of drug-likeness (QED) is 0.640. The SMILES string of the molecule is Nc1nc(=O)n([C@@H]2O[C@H](CO)[C@@H](CO)[C@@H]2F)cc1F. The fourth-order valence-corrected chi connectivity index (χ4v) is 2.03. The van der Waals surface area contributed by atoms with Gasteiger partial charge < -0.3 is 20.7 Å². The lowest BCUT2D eigenvalue weighted by atomic mass is 10.0. The molecule has 2 heterocycles. The van der Waals surface area contributed by atoms with Gasteiger partial charge in [-0.3, -0.25) is 4.57 Å². The summed E-state index contributed by atoms with van der Waals surface area (Å²) in [4.78, 5) is 14.7. The molecule has 0 spiro atoms. The van der Waals surface area contributed by atoms with Crippen LogP contribution in [0, 0.1) is 11.7 Å². The van der Waals surface area contributed by atoms with Gasteiger partial charge in [0.15, 0.2) is 24.0 Å². The number of nitrogen functional groups attached to an aromatic ring is 1. The molecule has 0 bridgehead atoms. The third-order valence-corrected chi connectivity index (χ3v) is 3.07. The molecule has 106 valence electrons. The molecule has 19 heavy (non-hydrogen) atoms. The van der Waals surface area contributed by atoms with Crippen LogP contribution in [0.5, 0.6) is 0 Å². The highest BCUT2D eigenvalue weighted by Crippen LogP contribution is 2.35. The molecule has 9 heteroatoms. The molecule has 2 rings (SSSR count). The van der Waals surface area contributed by atoms with E-state index >= 15 is 0 Å². The summed E-state index contributed by atoms with van der Waals surface area (Å²) >= 11 is 0. The maximum Gasteiger partial charge on any atom is 0.351 e. The van der Waals surface area contributed by atoms with Crippen molar-refractivity contribution in [2.24, 2.45) is 5.92 Å². The van der Waals surface area contributed by atoms with E-state index in [1.54, 1.807) is 0 Å². The molecule has 1 aliphatic heterocycles. The van der Waals surface area contributed by atoms with Gasteiger partial charge in [-0.25, -0.2) is 13.6 Å². The van der Waals surface area contributed by atoms with Crippen molar-refractivity contribution in [2.75, 3.05) is 18.9 Å². The molecule has 1 saturated heterocycles. The van der Waals surface area contributed by atoms with Gasteiger partial charge in [-0.2, -0.15) is 4.98 Å². The van der Waals surface area contributed by atoms with Crippen LogP contribution in [-0.4, -0.2) is 45.3 Å². The number of aliphatic hydroxyl groups is 2. The van der Waals surface area contributed by atoms with Gasteiger partial charge in [-0.1, -0.05) is 0 Å². The van der Waals surface area contributed by atoms with Crippen LogP contribution in [-0.2, 0) is 4.74 Å². The van der Waals surface area contributed by atoms with E-state index in [0.29, 0.717) is 10.8 Å². The third-order valence-electron chi connectivity index (χ3n) is 3.07. The van der Waals surface area contributed by atoms with Gasteiger partial charge >= 0.3 is 5.69 Å². The number of nitrogens with zero attached hydrogens (tertiary/aromatic N) is 2. The molecule has 1 aromatic heterocycles. The first-order chi connectivity index (χ1) is 8.99. The average molecular weight is 277 g/mol. The van der Waals surface area contributed by atoms with Crippen LogP contribution in [0.3, 0.4) is 0 Å². The normalized spacial score (nSPS) is 30.7. The lowest BCUT2D eigenvalue weighted by molar-refractivity contribution is -0.0444. The molecule has 0 saturated carbocycles. The monoisotopic (exact) mass is 277 g/mol. The average Bonchev–Trinajstić information content (AvgIpc) is 2.70. The zero-order chi connectivity index (χ0) is 14.2. The number of aliphatic hydroxyl groups excluding tert-OH is 2. The summed E-state index contributed by atoms with van der Waals surface area (Å²) in [5.41, 5.74) is 4.15. The Balaban J connectivity index is 2.38. The summed E-state index contributed by atoms with van der Waals surface area (Å²) in [7, 11) is 0. The maximum atomic E-state index is 14.1. The Morgan fingerprint density at radius 2 is 2.16 bits per heavy atom. The van der Waals surface area contributed by atoms with Crippen molar-refractivity contribution in [1.29, 1.82) is 0 Å². The number of halogens is 2. The lowest BCUT2D eigenvalue weighted by Crippen LogP contribution is -2.33. The number of nitrogens with two attached hydrogens (primary N) is 1. The van der Waals surface area contributed by atoms with Gasteiger partial charge in [0.1, 0.15) is 0 Å². The summed E-state index contributed by atoms with van der Waals surface area (Å²) in [6.07, 6.45) is -3.51. The van der Waals surface area contributed by atoms with E-state index < -0.39 is 55.0 Å². The van der Waals surface area contributed by atoms with E-state index in [-0.39, 0.29) is 0 Å². The standard InChI is InChI=1S/C10H13F2N3O4/c11-5-1-15(10(18)14-8(5)13)9-7(12)4(2-16)6(3-17)19-9/h1,4,6-7,9,16-17H,2-3H2,(H2,13,14,18)/t4-,6-,7+,9-/m1/s1. The minimum Gasteiger partial charge on any atom is -0.396 e. The molecule has 0 amide bonds. The zero-order valence-corrected chi connectivity index (χ0v) is 9.74. The summed E-state index contributed by atoms with van der Waals surface area (Å²) in [6, 6.07) is 0. The Morgan fingerprint density at radius 1 is 1.47 bits per heavy atom. The highest BCUT2D eigenvalue weighted by atomic mass is 19.1. The van der Waals surface area contributed by atoms with Crippen LogP contribution in [0.1, 0.15) is 6.23 Å².